The van der Waals surface area contributed by atoms with Crippen LogP contribution in [-0.4, -0.2) is 84.8 Å². The molecule has 5 heterocycles. The minimum atomic E-state index is -0.340. The van der Waals surface area contributed by atoms with Crippen LogP contribution < -0.4 is 16.1 Å². The van der Waals surface area contributed by atoms with Gasteiger partial charge in [-0.1, -0.05) is 6.08 Å². The van der Waals surface area contributed by atoms with Crippen LogP contribution in [0.2, 0.25) is 0 Å². The number of amidine groups is 1. The molecular formula is C27H33N7O3. The molecule has 0 bridgehead atoms. The Morgan fingerprint density at radius 1 is 1.19 bits per heavy atom. The van der Waals surface area contributed by atoms with Gasteiger partial charge in [-0.25, -0.2) is 9.79 Å². The van der Waals surface area contributed by atoms with Gasteiger partial charge in [0.2, 0.25) is 0 Å². The number of hydrogen-bond donors (Lipinski definition) is 3. The van der Waals surface area contributed by atoms with Crippen molar-refractivity contribution < 1.29 is 14.3 Å². The molecule has 10 heteroatoms. The summed E-state index contributed by atoms with van der Waals surface area (Å²) in [7, 11) is 0. The highest BCUT2D eigenvalue weighted by atomic mass is 16.6. The number of rotatable bonds is 5. The zero-order valence-electron chi connectivity index (χ0n) is 21.1. The fourth-order valence-corrected chi connectivity index (χ4v) is 5.55. The maximum Gasteiger partial charge on any atom is 0.410 e. The Balaban J connectivity index is 1.08. The van der Waals surface area contributed by atoms with Crippen molar-refractivity contribution in [2.24, 2.45) is 10.4 Å². The van der Waals surface area contributed by atoms with E-state index in [4.69, 9.17) is 9.73 Å². The van der Waals surface area contributed by atoms with Gasteiger partial charge in [-0.05, 0) is 61.8 Å². The quantitative estimate of drug-likeness (QED) is 0.567. The summed E-state index contributed by atoms with van der Waals surface area (Å²) in [6.45, 7) is 7.05. The van der Waals surface area contributed by atoms with Gasteiger partial charge in [0.25, 0.3) is 5.91 Å². The Kier molecular flexibility index (Phi) is 6.21. The second-order valence-corrected chi connectivity index (χ2v) is 10.2. The number of benzene rings is 1. The molecule has 0 aliphatic carbocycles. The molecule has 0 radical (unpaired) electrons. The first-order valence-electron chi connectivity index (χ1n) is 13.0. The van der Waals surface area contributed by atoms with E-state index in [0.29, 0.717) is 30.7 Å². The maximum atomic E-state index is 13.0. The Hall–Kier alpha value is -3.63. The summed E-state index contributed by atoms with van der Waals surface area (Å²) in [4.78, 5) is 33.6. The van der Waals surface area contributed by atoms with Gasteiger partial charge in [-0.15, -0.1) is 0 Å². The molecule has 10 nitrogen and oxygen atoms in total. The van der Waals surface area contributed by atoms with Crippen molar-refractivity contribution in [3.05, 3.63) is 65.4 Å². The summed E-state index contributed by atoms with van der Waals surface area (Å²) in [5, 5.41) is 8.66. The molecule has 1 unspecified atom stereocenters. The number of anilines is 1. The summed E-state index contributed by atoms with van der Waals surface area (Å²) in [6, 6.07) is 7.64. The number of aliphatic imine (C=N–C) groups is 1. The number of fused-ring (bicyclic) bond motifs is 1. The van der Waals surface area contributed by atoms with Crippen LogP contribution in [0.25, 0.3) is 0 Å². The van der Waals surface area contributed by atoms with Crippen molar-refractivity contribution in [2.45, 2.75) is 26.1 Å². The van der Waals surface area contributed by atoms with E-state index < -0.39 is 0 Å². The third-order valence-electron chi connectivity index (χ3n) is 7.72. The lowest BCUT2D eigenvalue weighted by Gasteiger charge is -2.39. The van der Waals surface area contributed by atoms with Crippen LogP contribution in [0.5, 0.6) is 0 Å². The molecule has 2 fully saturated rings. The number of likely N-dealkylation sites (tertiary alicyclic amines) is 1. The van der Waals surface area contributed by atoms with Crippen LogP contribution in [0, 0.1) is 5.41 Å². The summed E-state index contributed by atoms with van der Waals surface area (Å²) in [5.41, 5.74) is 7.47. The van der Waals surface area contributed by atoms with Crippen molar-refractivity contribution in [1.82, 2.24) is 25.6 Å². The minimum Gasteiger partial charge on any atom is -0.450 e. The highest BCUT2D eigenvalue weighted by Gasteiger charge is 2.44. The number of ether oxygens (including phenoxy) is 1. The number of amides is 2. The third kappa shape index (κ3) is 4.62. The average Bonchev–Trinajstić information content (AvgIpc) is 3.54. The zero-order chi connectivity index (χ0) is 25.4. The van der Waals surface area contributed by atoms with E-state index in [-0.39, 0.29) is 18.3 Å². The van der Waals surface area contributed by atoms with Gasteiger partial charge in [0.1, 0.15) is 0 Å². The molecule has 5 aliphatic heterocycles. The summed E-state index contributed by atoms with van der Waals surface area (Å²) in [5.74, 6) is 0.949. The topological polar surface area (TPSA) is 102 Å². The van der Waals surface area contributed by atoms with E-state index in [9.17, 15) is 9.59 Å². The molecule has 1 spiro atoms. The molecule has 2 amide bonds. The van der Waals surface area contributed by atoms with Crippen molar-refractivity contribution >= 4 is 23.5 Å². The van der Waals surface area contributed by atoms with Gasteiger partial charge >= 0.3 is 6.09 Å². The maximum absolute atomic E-state index is 13.0. The highest BCUT2D eigenvalue weighted by Crippen LogP contribution is 2.34. The van der Waals surface area contributed by atoms with E-state index in [2.05, 4.69) is 28.2 Å². The van der Waals surface area contributed by atoms with Crippen LogP contribution >= 0.6 is 0 Å². The molecule has 194 valence electrons. The van der Waals surface area contributed by atoms with Crippen LogP contribution in [0.4, 0.5) is 10.5 Å². The molecular weight excluding hydrogens is 470 g/mol. The lowest BCUT2D eigenvalue weighted by Crippen LogP contribution is -2.55. The number of carbonyl (C=O) groups excluding carboxylic acids is 2. The predicted octanol–water partition coefficient (Wildman–Crippen LogP) is 2.28. The van der Waals surface area contributed by atoms with Crippen molar-refractivity contribution in [3.63, 3.8) is 0 Å². The Morgan fingerprint density at radius 3 is 2.70 bits per heavy atom. The predicted molar refractivity (Wildman–Crippen MR) is 141 cm³/mol. The van der Waals surface area contributed by atoms with Crippen LogP contribution in [0.1, 0.15) is 30.1 Å². The van der Waals surface area contributed by atoms with Gasteiger partial charge in [0.15, 0.2) is 12.1 Å². The molecule has 1 atom stereocenters. The van der Waals surface area contributed by atoms with E-state index in [0.717, 1.165) is 56.1 Å². The lowest BCUT2D eigenvalue weighted by atomic mass is 9.81. The van der Waals surface area contributed by atoms with Gasteiger partial charge in [0, 0.05) is 67.7 Å². The van der Waals surface area contributed by atoms with Crippen LogP contribution in [0.3, 0.4) is 0 Å². The number of hydrogen-bond acceptors (Lipinski definition) is 8. The molecule has 2 saturated heterocycles. The van der Waals surface area contributed by atoms with Gasteiger partial charge in [-0.2, -0.15) is 5.43 Å². The third-order valence-corrected chi connectivity index (χ3v) is 7.72. The smallest absolute Gasteiger partial charge is 0.410 e. The van der Waals surface area contributed by atoms with E-state index in [1.54, 1.807) is 4.90 Å². The molecule has 6 rings (SSSR count). The fraction of sp³-hybridized carbons (Fsp3) is 0.444. The highest BCUT2D eigenvalue weighted by molar-refractivity contribution is 6.04. The largest absolute Gasteiger partial charge is 0.450 e. The summed E-state index contributed by atoms with van der Waals surface area (Å²) >= 11 is 0. The first kappa shape index (κ1) is 23.7. The molecule has 3 N–H and O–H groups in total. The second kappa shape index (κ2) is 9.68. The normalized spacial score (nSPS) is 23.8. The SMILES string of the molecule is CCOC(=O)N1CC=C(C2=CC=CN3NC(Nc4ccc(C(=O)N5CCC6(CNC6)C5)cc4)N=C23)CC1. The number of hydrazine groups is 1. The molecule has 1 aromatic rings. The number of carbonyl (C=O) groups is 2. The standard InChI is InChI=1S/C27H33N7O3/c1-2-37-26(36)32-13-9-19(10-14-32)22-4-3-12-34-23(22)30-25(31-34)29-21-7-5-20(6-8-21)24(35)33-15-11-27(18-33)16-28-17-27/h3-9,12,25,28-29,31H,2,10-11,13-18H2,1H3. The second-order valence-electron chi connectivity index (χ2n) is 10.2. The van der Waals surface area contributed by atoms with E-state index in [1.807, 2.05) is 53.4 Å². The first-order chi connectivity index (χ1) is 18.0. The van der Waals surface area contributed by atoms with Crippen molar-refractivity contribution in [2.75, 3.05) is 51.2 Å². The molecule has 5 aliphatic rings. The zero-order valence-corrected chi connectivity index (χ0v) is 21.1. The Bertz CT molecular complexity index is 1200. The van der Waals surface area contributed by atoms with E-state index >= 15 is 0 Å². The molecule has 0 aromatic heterocycles. The minimum absolute atomic E-state index is 0.105. The lowest BCUT2D eigenvalue weighted by molar-refractivity contribution is 0.0752. The van der Waals surface area contributed by atoms with Crippen molar-refractivity contribution in [3.8, 4) is 0 Å². The van der Waals surface area contributed by atoms with E-state index in [1.165, 1.54) is 5.57 Å². The average molecular weight is 504 g/mol. The fourth-order valence-electron chi connectivity index (χ4n) is 5.55. The number of nitrogens with zero attached hydrogens (tertiary/aromatic N) is 4. The summed E-state index contributed by atoms with van der Waals surface area (Å²) < 4.78 is 5.12. The Labute approximate surface area is 216 Å². The molecule has 1 aromatic carbocycles. The number of allylic oxidation sites excluding steroid dienone is 2. The molecule has 37 heavy (non-hydrogen) atoms. The van der Waals surface area contributed by atoms with Crippen LogP contribution in [-0.2, 0) is 4.74 Å². The van der Waals surface area contributed by atoms with Crippen molar-refractivity contribution in [1.29, 1.82) is 0 Å². The monoisotopic (exact) mass is 503 g/mol. The van der Waals surface area contributed by atoms with Gasteiger partial charge < -0.3 is 25.2 Å². The molecule has 0 saturated carbocycles. The first-order valence-corrected chi connectivity index (χ1v) is 13.0. The van der Waals surface area contributed by atoms with Gasteiger partial charge in [-0.3, -0.25) is 9.80 Å². The van der Waals surface area contributed by atoms with Gasteiger partial charge in [0.05, 0.1) is 6.61 Å². The van der Waals surface area contributed by atoms with Crippen LogP contribution in [0.15, 0.2) is 64.8 Å². The number of nitrogens with one attached hydrogen (secondary N) is 3. The summed E-state index contributed by atoms with van der Waals surface area (Å²) in [6.07, 6.45) is 9.29. The Morgan fingerprint density at radius 2 is 2.03 bits per heavy atom.